The first-order valence-electron chi connectivity index (χ1n) is 8.49. The molecule has 26 heavy (non-hydrogen) atoms. The topological polar surface area (TPSA) is 72.2 Å². The number of primary sulfonamides is 1. The van der Waals surface area contributed by atoms with Crippen LogP contribution in [0.2, 0.25) is 0 Å². The van der Waals surface area contributed by atoms with E-state index >= 15 is 0 Å². The highest BCUT2D eigenvalue weighted by Gasteiger charge is 2.06. The fourth-order valence-electron chi connectivity index (χ4n) is 2.76. The minimum atomic E-state index is -3.62. The van der Waals surface area contributed by atoms with Crippen molar-refractivity contribution in [1.82, 2.24) is 5.32 Å². The van der Waals surface area contributed by atoms with E-state index in [1.54, 1.807) is 24.3 Å². The van der Waals surface area contributed by atoms with E-state index in [1.807, 2.05) is 18.2 Å². The largest absolute Gasteiger partial charge is 0.312 e. The van der Waals surface area contributed by atoms with Gasteiger partial charge in [0, 0.05) is 6.54 Å². The Morgan fingerprint density at radius 3 is 1.92 bits per heavy atom. The Morgan fingerprint density at radius 1 is 0.731 bits per heavy atom. The lowest BCUT2D eigenvalue weighted by Gasteiger charge is -2.07. The van der Waals surface area contributed by atoms with Gasteiger partial charge >= 0.3 is 0 Å². The summed E-state index contributed by atoms with van der Waals surface area (Å²) < 4.78 is 22.5. The summed E-state index contributed by atoms with van der Waals surface area (Å²) >= 11 is 0. The van der Waals surface area contributed by atoms with Gasteiger partial charge in [0.05, 0.1) is 4.90 Å². The normalized spacial score (nSPS) is 11.4. The third-order valence-electron chi connectivity index (χ3n) is 4.23. The lowest BCUT2D eigenvalue weighted by atomic mass is 10.0. The first-order chi connectivity index (χ1) is 12.5. The zero-order valence-electron chi connectivity index (χ0n) is 14.4. The van der Waals surface area contributed by atoms with E-state index in [9.17, 15) is 8.42 Å². The quantitative estimate of drug-likeness (QED) is 0.630. The van der Waals surface area contributed by atoms with Crippen molar-refractivity contribution in [3.05, 3.63) is 90.0 Å². The Hall–Kier alpha value is -2.47. The summed E-state index contributed by atoms with van der Waals surface area (Å²) in [5.41, 5.74) is 4.73. The summed E-state index contributed by atoms with van der Waals surface area (Å²) in [6.07, 6.45) is 0.826. The van der Waals surface area contributed by atoms with Crippen molar-refractivity contribution in [1.29, 1.82) is 0 Å². The van der Waals surface area contributed by atoms with E-state index in [0.29, 0.717) is 0 Å². The second kappa shape index (κ2) is 8.27. The Morgan fingerprint density at radius 2 is 1.31 bits per heavy atom. The number of sulfonamides is 1. The molecule has 3 rings (SSSR count). The van der Waals surface area contributed by atoms with Crippen molar-refractivity contribution in [2.24, 2.45) is 5.14 Å². The van der Waals surface area contributed by atoms with Gasteiger partial charge in [0.1, 0.15) is 0 Å². The fourth-order valence-corrected chi connectivity index (χ4v) is 3.27. The number of rotatable bonds is 7. The maximum Gasteiger partial charge on any atom is 0.238 e. The first kappa shape index (κ1) is 18.3. The molecule has 0 bridgehead atoms. The summed E-state index contributed by atoms with van der Waals surface area (Å²) in [6, 6.07) is 25.6. The molecule has 0 heterocycles. The zero-order chi connectivity index (χ0) is 18.4. The number of benzene rings is 3. The van der Waals surface area contributed by atoms with Crippen LogP contribution in [0, 0.1) is 0 Å². The van der Waals surface area contributed by atoms with Gasteiger partial charge in [-0.15, -0.1) is 0 Å². The lowest BCUT2D eigenvalue weighted by molar-refractivity contribution is 0.597. The van der Waals surface area contributed by atoms with Gasteiger partial charge < -0.3 is 5.32 Å². The van der Waals surface area contributed by atoms with Crippen molar-refractivity contribution < 1.29 is 8.42 Å². The van der Waals surface area contributed by atoms with E-state index in [4.69, 9.17) is 5.14 Å². The fraction of sp³-hybridized carbons (Fsp3) is 0.143. The van der Waals surface area contributed by atoms with Gasteiger partial charge in [-0.05, 0) is 47.4 Å². The third-order valence-corrected chi connectivity index (χ3v) is 5.16. The SMILES string of the molecule is NS(=O)(=O)c1ccc(CCNCc2ccc(-c3ccccc3)cc2)cc1. The first-order valence-corrected chi connectivity index (χ1v) is 10.0. The van der Waals surface area contributed by atoms with E-state index in [-0.39, 0.29) is 4.90 Å². The van der Waals surface area contributed by atoms with Crippen LogP contribution in [-0.4, -0.2) is 15.0 Å². The van der Waals surface area contributed by atoms with Crippen molar-refractivity contribution in [2.45, 2.75) is 17.9 Å². The van der Waals surface area contributed by atoms with Crippen LogP contribution < -0.4 is 10.5 Å². The Labute approximate surface area is 154 Å². The molecule has 0 aliphatic rings. The maximum absolute atomic E-state index is 11.2. The molecule has 4 nitrogen and oxygen atoms in total. The van der Waals surface area contributed by atoms with E-state index < -0.39 is 10.0 Å². The van der Waals surface area contributed by atoms with Crippen LogP contribution in [0.4, 0.5) is 0 Å². The summed E-state index contributed by atoms with van der Waals surface area (Å²) in [5, 5.41) is 8.51. The van der Waals surface area contributed by atoms with Gasteiger partial charge in [0.15, 0.2) is 0 Å². The van der Waals surface area contributed by atoms with Gasteiger partial charge in [-0.1, -0.05) is 66.7 Å². The Balaban J connectivity index is 1.48. The van der Waals surface area contributed by atoms with Crippen LogP contribution in [0.5, 0.6) is 0 Å². The lowest BCUT2D eigenvalue weighted by Crippen LogP contribution is -2.17. The van der Waals surface area contributed by atoms with Crippen LogP contribution in [-0.2, 0) is 23.0 Å². The summed E-state index contributed by atoms with van der Waals surface area (Å²) in [5.74, 6) is 0. The number of hydrogen-bond acceptors (Lipinski definition) is 3. The Kier molecular flexibility index (Phi) is 5.83. The molecule has 0 saturated carbocycles. The van der Waals surface area contributed by atoms with Crippen LogP contribution in [0.15, 0.2) is 83.8 Å². The molecule has 5 heteroatoms. The molecule has 0 spiro atoms. The third kappa shape index (κ3) is 5.02. The molecule has 3 aromatic rings. The summed E-state index contributed by atoms with van der Waals surface area (Å²) in [7, 11) is -3.62. The van der Waals surface area contributed by atoms with E-state index in [2.05, 4.69) is 41.7 Å². The monoisotopic (exact) mass is 366 g/mol. The van der Waals surface area contributed by atoms with Gasteiger partial charge in [-0.3, -0.25) is 0 Å². The molecule has 0 saturated heterocycles. The molecule has 0 aliphatic heterocycles. The number of nitrogens with one attached hydrogen (secondary N) is 1. The standard InChI is InChI=1S/C21H22N2O2S/c22-26(24,25)21-12-8-17(9-13-21)14-15-23-16-18-6-10-20(11-7-18)19-4-2-1-3-5-19/h1-13,23H,14-16H2,(H2,22,24,25). The molecule has 0 aliphatic carbocycles. The van der Waals surface area contributed by atoms with Crippen molar-refractivity contribution in [2.75, 3.05) is 6.54 Å². The van der Waals surface area contributed by atoms with Crippen LogP contribution in [0.1, 0.15) is 11.1 Å². The predicted molar refractivity (Wildman–Crippen MR) is 105 cm³/mol. The number of hydrogen-bond donors (Lipinski definition) is 2. The van der Waals surface area contributed by atoms with E-state index in [1.165, 1.54) is 16.7 Å². The minimum Gasteiger partial charge on any atom is -0.312 e. The highest BCUT2D eigenvalue weighted by atomic mass is 32.2. The van der Waals surface area contributed by atoms with E-state index in [0.717, 1.165) is 25.1 Å². The molecule has 0 radical (unpaired) electrons. The molecule has 0 unspecified atom stereocenters. The molecule has 0 aromatic heterocycles. The maximum atomic E-state index is 11.2. The van der Waals surface area contributed by atoms with Gasteiger partial charge in [0.2, 0.25) is 10.0 Å². The molecular weight excluding hydrogens is 344 g/mol. The van der Waals surface area contributed by atoms with Gasteiger partial charge in [-0.2, -0.15) is 0 Å². The summed E-state index contributed by atoms with van der Waals surface area (Å²) in [4.78, 5) is 0.146. The second-order valence-electron chi connectivity index (χ2n) is 6.18. The zero-order valence-corrected chi connectivity index (χ0v) is 15.2. The van der Waals surface area contributed by atoms with Gasteiger partial charge in [0.25, 0.3) is 0 Å². The minimum absolute atomic E-state index is 0.146. The van der Waals surface area contributed by atoms with Gasteiger partial charge in [-0.25, -0.2) is 13.6 Å². The smallest absolute Gasteiger partial charge is 0.238 e. The molecule has 0 fully saturated rings. The molecule has 3 aromatic carbocycles. The average Bonchev–Trinajstić information content (AvgIpc) is 2.66. The Bertz CT molecular complexity index is 936. The molecular formula is C21H22N2O2S. The highest BCUT2D eigenvalue weighted by Crippen LogP contribution is 2.19. The molecule has 134 valence electrons. The molecule has 0 amide bonds. The van der Waals surface area contributed by atoms with Crippen molar-refractivity contribution in [3.8, 4) is 11.1 Å². The van der Waals surface area contributed by atoms with Crippen LogP contribution in [0.25, 0.3) is 11.1 Å². The van der Waals surface area contributed by atoms with Crippen molar-refractivity contribution >= 4 is 10.0 Å². The predicted octanol–water partition coefficient (Wildman–Crippen LogP) is 3.33. The van der Waals surface area contributed by atoms with Crippen LogP contribution >= 0.6 is 0 Å². The van der Waals surface area contributed by atoms with Crippen LogP contribution in [0.3, 0.4) is 0 Å². The molecule has 0 atom stereocenters. The number of nitrogens with two attached hydrogens (primary N) is 1. The summed E-state index contributed by atoms with van der Waals surface area (Å²) in [6.45, 7) is 1.61. The highest BCUT2D eigenvalue weighted by molar-refractivity contribution is 7.89. The average molecular weight is 366 g/mol. The van der Waals surface area contributed by atoms with Crippen molar-refractivity contribution in [3.63, 3.8) is 0 Å². The second-order valence-corrected chi connectivity index (χ2v) is 7.74. The molecule has 3 N–H and O–H groups in total.